The lowest BCUT2D eigenvalue weighted by Gasteiger charge is -2.53. The van der Waals surface area contributed by atoms with Crippen LogP contribution in [0.3, 0.4) is 0 Å². The van der Waals surface area contributed by atoms with E-state index in [0.29, 0.717) is 0 Å². The first-order valence-corrected chi connectivity index (χ1v) is 14.7. The summed E-state index contributed by atoms with van der Waals surface area (Å²) in [6.07, 6.45) is 10.6. The van der Waals surface area contributed by atoms with Crippen LogP contribution in [0, 0.1) is 10.8 Å². The van der Waals surface area contributed by atoms with Crippen LogP contribution in [-0.4, -0.2) is 65.9 Å². The third kappa shape index (κ3) is 8.58. The van der Waals surface area contributed by atoms with E-state index in [0.717, 1.165) is 83.3 Å². The maximum Gasteiger partial charge on any atom is 0.408 e. The zero-order valence-corrected chi connectivity index (χ0v) is 25.9. The lowest BCUT2D eigenvalue weighted by molar-refractivity contribution is -0.187. The minimum absolute atomic E-state index is 0. The first-order chi connectivity index (χ1) is 18.4. The van der Waals surface area contributed by atoms with Crippen LogP contribution in [0.1, 0.15) is 126 Å². The fourth-order valence-corrected chi connectivity index (χ4v) is 6.73. The summed E-state index contributed by atoms with van der Waals surface area (Å²) in [6.45, 7) is 11.2. The van der Waals surface area contributed by atoms with Crippen LogP contribution in [0.5, 0.6) is 0 Å². The average Bonchev–Trinajstić information content (AvgIpc) is 2.87. The number of carbonyl (C=O) groups is 4. The Bertz CT molecular complexity index is 917. The molecular weight excluding hydrogens is 526 g/mol. The lowest BCUT2D eigenvalue weighted by atomic mass is 9.57. The van der Waals surface area contributed by atoms with Crippen LogP contribution < -0.4 is 10.6 Å². The number of hydroxylamine groups is 2. The molecule has 10 heteroatoms. The van der Waals surface area contributed by atoms with Gasteiger partial charge in [-0.1, -0.05) is 7.43 Å². The van der Waals surface area contributed by atoms with Gasteiger partial charge in [0.25, 0.3) is 5.91 Å². The summed E-state index contributed by atoms with van der Waals surface area (Å²) < 4.78 is 10.7. The summed E-state index contributed by atoms with van der Waals surface area (Å²) >= 11 is 0. The molecule has 0 aromatic rings. The smallest absolute Gasteiger partial charge is 0.408 e. The van der Waals surface area contributed by atoms with Crippen molar-refractivity contribution in [1.29, 1.82) is 0 Å². The first kappa shape index (κ1) is 34.8. The summed E-state index contributed by atoms with van der Waals surface area (Å²) in [6, 6.07) is 0. The number of hydrogen-bond donors (Lipinski definition) is 2. The second kappa shape index (κ2) is 12.5. The van der Waals surface area contributed by atoms with Crippen LogP contribution >= 0.6 is 0 Å². The minimum atomic E-state index is -0.495. The van der Waals surface area contributed by atoms with Crippen molar-refractivity contribution >= 4 is 24.4 Å². The second-order valence-electron chi connectivity index (χ2n) is 14.6. The largest absolute Gasteiger partial charge is 0.444 e. The van der Waals surface area contributed by atoms with E-state index in [-0.39, 0.29) is 47.4 Å². The number of nitrogens with zero attached hydrogens (tertiary/aromatic N) is 1. The normalized spacial score (nSPS) is 31.9. The summed E-state index contributed by atoms with van der Waals surface area (Å²) in [5.41, 5.74) is -1.72. The van der Waals surface area contributed by atoms with Gasteiger partial charge in [-0.25, -0.2) is 14.7 Å². The summed E-state index contributed by atoms with van der Waals surface area (Å²) in [5.74, 6) is 0.0561. The molecule has 41 heavy (non-hydrogen) atoms. The number of carbonyl (C=O) groups excluding carboxylic acids is 4. The molecule has 2 N–H and O–H groups in total. The van der Waals surface area contributed by atoms with E-state index in [1.54, 1.807) is 7.05 Å². The Balaban J connectivity index is 0.000000285. The van der Waals surface area contributed by atoms with Crippen molar-refractivity contribution in [3.8, 4) is 0 Å². The molecule has 0 spiro atoms. The third-order valence-electron chi connectivity index (χ3n) is 9.35. The van der Waals surface area contributed by atoms with E-state index in [1.165, 1.54) is 12.2 Å². The molecule has 0 aliphatic heterocycles. The Hall–Kier alpha value is -2.36. The highest BCUT2D eigenvalue weighted by Gasteiger charge is 2.54. The van der Waals surface area contributed by atoms with E-state index in [4.69, 9.17) is 14.3 Å². The molecule has 0 aromatic carbocycles. The number of ether oxygens (including phenoxy) is 2. The Morgan fingerprint density at radius 3 is 1.32 bits per heavy atom. The van der Waals surface area contributed by atoms with E-state index in [2.05, 4.69) is 10.6 Å². The quantitative estimate of drug-likeness (QED) is 0.299. The van der Waals surface area contributed by atoms with Crippen LogP contribution in [0.4, 0.5) is 9.59 Å². The SMILES string of the molecule is C.CC(C)(C)OC(=O)NC12CCC(C=O)(CC1)CC2.CON(C)C(=O)C12CCC(NC(=O)OC(C)(C)C)(CC1)CC2. The first-order valence-electron chi connectivity index (χ1n) is 14.7. The predicted octanol–water partition coefficient (Wildman–Crippen LogP) is 6.06. The Labute approximate surface area is 246 Å². The molecule has 0 radical (unpaired) electrons. The van der Waals surface area contributed by atoms with E-state index in [9.17, 15) is 19.2 Å². The van der Waals surface area contributed by atoms with Gasteiger partial charge in [0, 0.05) is 23.5 Å². The molecule has 0 aromatic heterocycles. The number of hydrogen-bond acceptors (Lipinski definition) is 7. The van der Waals surface area contributed by atoms with Gasteiger partial charge >= 0.3 is 12.2 Å². The number of aldehydes is 1. The number of fused-ring (bicyclic) bond motifs is 6. The van der Waals surface area contributed by atoms with Crippen LogP contribution in [0.25, 0.3) is 0 Å². The molecule has 6 aliphatic carbocycles. The molecule has 0 saturated heterocycles. The lowest BCUT2D eigenvalue weighted by Crippen LogP contribution is -2.60. The Morgan fingerprint density at radius 2 is 1.02 bits per heavy atom. The van der Waals surface area contributed by atoms with Crippen molar-refractivity contribution in [2.45, 2.75) is 148 Å². The average molecular weight is 582 g/mol. The zero-order chi connectivity index (χ0) is 30.0. The summed E-state index contributed by atoms with van der Waals surface area (Å²) in [7, 11) is 3.17. The fourth-order valence-electron chi connectivity index (χ4n) is 6.73. The topological polar surface area (TPSA) is 123 Å². The maximum absolute atomic E-state index is 12.5. The Morgan fingerprint density at radius 1 is 0.683 bits per heavy atom. The van der Waals surface area contributed by atoms with Crippen LogP contribution in [0.2, 0.25) is 0 Å². The van der Waals surface area contributed by atoms with Gasteiger partial charge in [0.2, 0.25) is 0 Å². The molecule has 6 saturated carbocycles. The molecule has 6 fully saturated rings. The highest BCUT2D eigenvalue weighted by atomic mass is 16.7. The Kier molecular flexibility index (Phi) is 10.6. The predicted molar refractivity (Wildman–Crippen MR) is 157 cm³/mol. The van der Waals surface area contributed by atoms with Gasteiger partial charge in [0.1, 0.15) is 17.5 Å². The molecule has 0 heterocycles. The van der Waals surface area contributed by atoms with Gasteiger partial charge < -0.3 is 24.9 Å². The molecule has 6 aliphatic rings. The number of rotatable bonds is 5. The molecule has 6 rings (SSSR count). The number of amides is 3. The van der Waals surface area contributed by atoms with Gasteiger partial charge in [-0.05, 0) is 119 Å². The van der Waals surface area contributed by atoms with Crippen LogP contribution in [-0.2, 0) is 23.9 Å². The molecule has 0 unspecified atom stereocenters. The van der Waals surface area contributed by atoms with Crippen molar-refractivity contribution in [3.63, 3.8) is 0 Å². The minimum Gasteiger partial charge on any atom is -0.444 e. The van der Waals surface area contributed by atoms with Crippen molar-refractivity contribution in [3.05, 3.63) is 0 Å². The fraction of sp³-hybridized carbons (Fsp3) is 0.871. The monoisotopic (exact) mass is 581 g/mol. The molecular formula is C31H55N3O7. The standard InChI is InChI=1S/C16H28N2O4.C14H23NO3.CH4/c1-14(2,3)22-13(20)17-16-9-6-15(7-10-16,8-11-16)12(19)18(4)21-5;1-12(2,3)18-11(17)15-14-7-4-13(10-16,5-8-14)6-9-14;/h6-11H2,1-5H3,(H,17,20);10H,4-9H2,1-3H3,(H,15,17);1H4. The molecule has 4 bridgehead atoms. The molecule has 10 nitrogen and oxygen atoms in total. The van der Waals surface area contributed by atoms with Crippen molar-refractivity contribution in [1.82, 2.24) is 15.7 Å². The third-order valence-corrected chi connectivity index (χ3v) is 9.35. The second-order valence-corrected chi connectivity index (χ2v) is 14.6. The van der Waals surface area contributed by atoms with Crippen molar-refractivity contribution < 1.29 is 33.5 Å². The number of nitrogens with one attached hydrogen (secondary N) is 2. The van der Waals surface area contributed by atoms with Crippen LogP contribution in [0.15, 0.2) is 0 Å². The maximum atomic E-state index is 12.5. The van der Waals surface area contributed by atoms with E-state index in [1.807, 2.05) is 41.5 Å². The molecule has 3 amide bonds. The van der Waals surface area contributed by atoms with Gasteiger partial charge in [-0.2, -0.15) is 0 Å². The van der Waals surface area contributed by atoms with E-state index < -0.39 is 11.2 Å². The van der Waals surface area contributed by atoms with Crippen molar-refractivity contribution in [2.75, 3.05) is 14.2 Å². The van der Waals surface area contributed by atoms with Gasteiger partial charge in [0.05, 0.1) is 12.5 Å². The molecule has 0 atom stereocenters. The van der Waals surface area contributed by atoms with Gasteiger partial charge in [-0.15, -0.1) is 0 Å². The number of alkyl carbamates (subject to hydrolysis) is 2. The van der Waals surface area contributed by atoms with E-state index >= 15 is 0 Å². The summed E-state index contributed by atoms with van der Waals surface area (Å²) in [5, 5.41) is 7.43. The zero-order valence-electron chi connectivity index (χ0n) is 25.9. The summed E-state index contributed by atoms with van der Waals surface area (Å²) in [4.78, 5) is 52.6. The molecule has 236 valence electrons. The van der Waals surface area contributed by atoms with Gasteiger partial charge in [-0.3, -0.25) is 9.63 Å². The van der Waals surface area contributed by atoms with Crippen molar-refractivity contribution in [2.24, 2.45) is 10.8 Å². The highest BCUT2D eigenvalue weighted by molar-refractivity contribution is 5.82. The van der Waals surface area contributed by atoms with Gasteiger partial charge in [0.15, 0.2) is 0 Å². The highest BCUT2D eigenvalue weighted by Crippen LogP contribution is 2.53.